The number of rotatable bonds is 2. The Hall–Kier alpha value is -0.570. The Bertz CT molecular complexity index is 230. The zero-order valence-corrected chi connectivity index (χ0v) is 10.6. The van der Waals surface area contributed by atoms with Crippen LogP contribution < -0.4 is 5.32 Å². The highest BCUT2D eigenvalue weighted by molar-refractivity contribution is 5.81. The lowest BCUT2D eigenvalue weighted by Crippen LogP contribution is -2.41. The zero-order chi connectivity index (χ0) is 11.6. The average Bonchev–Trinajstić information content (AvgIpc) is 2.48. The van der Waals surface area contributed by atoms with E-state index in [9.17, 15) is 4.79 Å². The fourth-order valence-electron chi connectivity index (χ4n) is 2.03. The summed E-state index contributed by atoms with van der Waals surface area (Å²) >= 11 is 0. The maximum Gasteiger partial charge on any atom is 0.228 e. The Morgan fingerprint density at radius 1 is 1.40 bits per heavy atom. The quantitative estimate of drug-likeness (QED) is 0.754. The Kier molecular flexibility index (Phi) is 3.77. The van der Waals surface area contributed by atoms with Gasteiger partial charge in [0.25, 0.3) is 0 Å². The summed E-state index contributed by atoms with van der Waals surface area (Å²) in [5.74, 6) is 0.274. The number of carbonyl (C=O) groups is 1. The first-order valence-corrected chi connectivity index (χ1v) is 5.86. The third kappa shape index (κ3) is 3.49. The van der Waals surface area contributed by atoms with Gasteiger partial charge in [-0.15, -0.1) is 0 Å². The van der Waals surface area contributed by atoms with Gasteiger partial charge in [0.05, 0.1) is 0 Å². The summed E-state index contributed by atoms with van der Waals surface area (Å²) in [6, 6.07) is 0.982. The first-order chi connectivity index (χ1) is 6.80. The molecule has 1 aliphatic rings. The van der Waals surface area contributed by atoms with Gasteiger partial charge in [-0.3, -0.25) is 4.79 Å². The lowest BCUT2D eigenvalue weighted by Gasteiger charge is -2.26. The molecule has 0 aromatic carbocycles. The van der Waals surface area contributed by atoms with Crippen molar-refractivity contribution < 1.29 is 4.79 Å². The summed E-state index contributed by atoms with van der Waals surface area (Å²) in [6.45, 7) is 12.0. The van der Waals surface area contributed by atoms with Crippen LogP contribution in [0.2, 0.25) is 0 Å². The van der Waals surface area contributed by atoms with Crippen LogP contribution in [0.15, 0.2) is 0 Å². The zero-order valence-electron chi connectivity index (χ0n) is 10.6. The summed E-state index contributed by atoms with van der Waals surface area (Å²) in [5.41, 5.74) is -0.243. The molecule has 0 bridgehead atoms. The molecule has 1 aliphatic heterocycles. The Morgan fingerprint density at radius 3 is 2.47 bits per heavy atom. The number of hydrogen-bond acceptors (Lipinski definition) is 2. The lowest BCUT2D eigenvalue weighted by atomic mass is 9.95. The van der Waals surface area contributed by atoms with Crippen molar-refractivity contribution in [2.45, 2.75) is 53.1 Å². The minimum Gasteiger partial charge on any atom is -0.341 e. The van der Waals surface area contributed by atoms with Gasteiger partial charge in [-0.1, -0.05) is 34.6 Å². The van der Waals surface area contributed by atoms with Crippen LogP contribution in [-0.2, 0) is 4.79 Å². The van der Waals surface area contributed by atoms with E-state index < -0.39 is 0 Å². The number of nitrogens with one attached hydrogen (secondary N) is 1. The highest BCUT2D eigenvalue weighted by atomic mass is 16.2. The van der Waals surface area contributed by atoms with Crippen molar-refractivity contribution >= 4 is 5.91 Å². The second kappa shape index (κ2) is 4.52. The molecule has 15 heavy (non-hydrogen) atoms. The average molecular weight is 212 g/mol. The monoisotopic (exact) mass is 212 g/mol. The Balaban J connectivity index is 2.46. The van der Waals surface area contributed by atoms with Crippen LogP contribution in [0.5, 0.6) is 0 Å². The predicted molar refractivity (Wildman–Crippen MR) is 62.7 cm³/mol. The molecular weight excluding hydrogens is 188 g/mol. The molecule has 88 valence electrons. The molecule has 0 aromatic heterocycles. The van der Waals surface area contributed by atoms with E-state index >= 15 is 0 Å². The molecule has 3 heteroatoms. The SMILES string of the molecule is CC(C)NC1CCN(C(=O)C(C)(C)C)C1. The molecule has 0 radical (unpaired) electrons. The number of amides is 1. The summed E-state index contributed by atoms with van der Waals surface area (Å²) in [6.07, 6.45) is 1.08. The van der Waals surface area contributed by atoms with Gasteiger partial charge in [0, 0.05) is 30.6 Å². The molecule has 0 aromatic rings. The molecule has 1 amide bonds. The van der Waals surface area contributed by atoms with Crippen molar-refractivity contribution in [3.63, 3.8) is 0 Å². The van der Waals surface area contributed by atoms with E-state index in [-0.39, 0.29) is 11.3 Å². The minimum atomic E-state index is -0.243. The number of likely N-dealkylation sites (tertiary alicyclic amines) is 1. The van der Waals surface area contributed by atoms with Crippen LogP contribution in [0.1, 0.15) is 41.0 Å². The standard InChI is InChI=1S/C12H24N2O/c1-9(2)13-10-6-7-14(8-10)11(15)12(3,4)5/h9-10,13H,6-8H2,1-5H3. The van der Waals surface area contributed by atoms with Crippen LogP contribution >= 0.6 is 0 Å². The van der Waals surface area contributed by atoms with E-state index in [1.165, 1.54) is 0 Å². The van der Waals surface area contributed by atoms with E-state index in [2.05, 4.69) is 19.2 Å². The van der Waals surface area contributed by atoms with Crippen molar-refractivity contribution in [3.8, 4) is 0 Å². The number of carbonyl (C=O) groups excluding carboxylic acids is 1. The number of nitrogens with zero attached hydrogens (tertiary/aromatic N) is 1. The van der Waals surface area contributed by atoms with Gasteiger partial charge in [-0.2, -0.15) is 0 Å². The molecule has 0 spiro atoms. The van der Waals surface area contributed by atoms with Gasteiger partial charge in [-0.25, -0.2) is 0 Å². The van der Waals surface area contributed by atoms with E-state index in [4.69, 9.17) is 0 Å². The molecule has 3 nitrogen and oxygen atoms in total. The van der Waals surface area contributed by atoms with Gasteiger partial charge < -0.3 is 10.2 Å². The maximum absolute atomic E-state index is 12.0. The summed E-state index contributed by atoms with van der Waals surface area (Å²) in [4.78, 5) is 14.0. The van der Waals surface area contributed by atoms with Crippen molar-refractivity contribution in [2.24, 2.45) is 5.41 Å². The van der Waals surface area contributed by atoms with E-state index in [0.29, 0.717) is 12.1 Å². The molecular formula is C12H24N2O. The fraction of sp³-hybridized carbons (Fsp3) is 0.917. The highest BCUT2D eigenvalue weighted by Crippen LogP contribution is 2.21. The molecule has 1 atom stereocenters. The predicted octanol–water partition coefficient (Wildman–Crippen LogP) is 1.63. The van der Waals surface area contributed by atoms with Crippen LogP contribution in [0.4, 0.5) is 0 Å². The maximum atomic E-state index is 12.0. The lowest BCUT2D eigenvalue weighted by molar-refractivity contribution is -0.138. The third-order valence-electron chi connectivity index (χ3n) is 2.69. The molecule has 1 saturated heterocycles. The topological polar surface area (TPSA) is 32.3 Å². The molecule has 1 unspecified atom stereocenters. The van der Waals surface area contributed by atoms with Gasteiger partial charge in [0.15, 0.2) is 0 Å². The molecule has 1 N–H and O–H groups in total. The number of hydrogen-bond donors (Lipinski definition) is 1. The summed E-state index contributed by atoms with van der Waals surface area (Å²) in [7, 11) is 0. The minimum absolute atomic E-state index is 0.243. The van der Waals surface area contributed by atoms with Crippen LogP contribution in [-0.4, -0.2) is 36.0 Å². The van der Waals surface area contributed by atoms with Crippen molar-refractivity contribution in [1.29, 1.82) is 0 Å². The second-order valence-electron chi connectivity index (χ2n) is 5.81. The summed E-state index contributed by atoms with van der Waals surface area (Å²) in [5, 5.41) is 3.48. The smallest absolute Gasteiger partial charge is 0.228 e. The van der Waals surface area contributed by atoms with Crippen LogP contribution in [0.3, 0.4) is 0 Å². The molecule has 1 fully saturated rings. The first kappa shape index (κ1) is 12.5. The second-order valence-corrected chi connectivity index (χ2v) is 5.81. The first-order valence-electron chi connectivity index (χ1n) is 5.86. The van der Waals surface area contributed by atoms with Crippen LogP contribution in [0.25, 0.3) is 0 Å². The fourth-order valence-corrected chi connectivity index (χ4v) is 2.03. The third-order valence-corrected chi connectivity index (χ3v) is 2.69. The Labute approximate surface area is 93.2 Å². The van der Waals surface area contributed by atoms with Gasteiger partial charge in [0.1, 0.15) is 0 Å². The van der Waals surface area contributed by atoms with Crippen molar-refractivity contribution in [2.75, 3.05) is 13.1 Å². The summed E-state index contributed by atoms with van der Waals surface area (Å²) < 4.78 is 0. The van der Waals surface area contributed by atoms with Crippen molar-refractivity contribution in [3.05, 3.63) is 0 Å². The van der Waals surface area contributed by atoms with Gasteiger partial charge in [-0.05, 0) is 6.42 Å². The van der Waals surface area contributed by atoms with E-state index in [1.807, 2.05) is 25.7 Å². The normalized spacial score (nSPS) is 22.5. The van der Waals surface area contributed by atoms with Gasteiger partial charge in [0.2, 0.25) is 5.91 Å². The van der Waals surface area contributed by atoms with Crippen molar-refractivity contribution in [1.82, 2.24) is 10.2 Å². The molecule has 1 heterocycles. The Morgan fingerprint density at radius 2 is 2.00 bits per heavy atom. The van der Waals surface area contributed by atoms with Gasteiger partial charge >= 0.3 is 0 Å². The molecule has 0 saturated carbocycles. The highest BCUT2D eigenvalue weighted by Gasteiger charge is 2.32. The van der Waals surface area contributed by atoms with Crippen LogP contribution in [0, 0.1) is 5.41 Å². The molecule has 1 rings (SSSR count). The van der Waals surface area contributed by atoms with E-state index in [1.54, 1.807) is 0 Å². The molecule has 0 aliphatic carbocycles. The van der Waals surface area contributed by atoms with E-state index in [0.717, 1.165) is 19.5 Å². The largest absolute Gasteiger partial charge is 0.341 e.